The second kappa shape index (κ2) is 13.1. The molecular weight excluding hydrogens is 590 g/mol. The Bertz CT molecular complexity index is 1770. The number of anilines is 1. The summed E-state index contributed by atoms with van der Waals surface area (Å²) in [5, 5.41) is 11.9. The number of carbonyl (C=O) groups excluding carboxylic acids is 2. The van der Waals surface area contributed by atoms with E-state index in [1.807, 2.05) is 57.2 Å². The summed E-state index contributed by atoms with van der Waals surface area (Å²) in [6, 6.07) is 23.7. The Kier molecular flexibility index (Phi) is 8.79. The fourth-order valence-electron chi connectivity index (χ4n) is 5.05. The molecule has 0 unspecified atom stereocenters. The molecule has 1 aliphatic rings. The van der Waals surface area contributed by atoms with Gasteiger partial charge in [0, 0.05) is 31.6 Å². The zero-order chi connectivity index (χ0) is 31.4. The van der Waals surface area contributed by atoms with Crippen LogP contribution in [0.5, 0.6) is 5.75 Å². The first-order valence-electron chi connectivity index (χ1n) is 15.0. The number of hydrogen-bond acceptors (Lipinski definition) is 9. The number of thiazole rings is 1. The summed E-state index contributed by atoms with van der Waals surface area (Å²) in [5.74, 6) is 1.10. The number of piperidine rings is 1. The van der Waals surface area contributed by atoms with Crippen molar-refractivity contribution in [3.05, 3.63) is 89.6 Å². The maximum Gasteiger partial charge on any atom is 0.410 e. The molecule has 0 aliphatic carbocycles. The van der Waals surface area contributed by atoms with Crippen molar-refractivity contribution in [3.8, 4) is 16.9 Å². The minimum absolute atomic E-state index is 0.00498. The molecule has 6 rings (SSSR count). The molecule has 0 bridgehead atoms. The third-order valence-corrected chi connectivity index (χ3v) is 8.22. The molecule has 1 N–H and O–H groups in total. The lowest BCUT2D eigenvalue weighted by atomic mass is 10.1. The van der Waals surface area contributed by atoms with E-state index in [1.54, 1.807) is 28.4 Å². The molecule has 10 nitrogen and oxygen atoms in total. The highest BCUT2D eigenvalue weighted by Gasteiger charge is 2.27. The van der Waals surface area contributed by atoms with E-state index in [2.05, 4.69) is 39.8 Å². The van der Waals surface area contributed by atoms with E-state index in [0.717, 1.165) is 39.2 Å². The van der Waals surface area contributed by atoms with Gasteiger partial charge in [-0.3, -0.25) is 4.79 Å². The Hall–Kier alpha value is -4.77. The number of amides is 2. The fraction of sp³-hybridized carbons (Fsp3) is 0.324. The van der Waals surface area contributed by atoms with Crippen molar-refractivity contribution in [1.29, 1.82) is 0 Å². The lowest BCUT2D eigenvalue weighted by molar-refractivity contribution is -0.115. The normalized spacial score (nSPS) is 14.0. The first-order chi connectivity index (χ1) is 21.7. The zero-order valence-electron chi connectivity index (χ0n) is 25.5. The van der Waals surface area contributed by atoms with E-state index in [-0.39, 0.29) is 30.4 Å². The van der Waals surface area contributed by atoms with Crippen LogP contribution in [0.1, 0.15) is 50.4 Å². The maximum absolute atomic E-state index is 12.7. The van der Waals surface area contributed by atoms with Crippen molar-refractivity contribution in [3.63, 3.8) is 0 Å². The number of hydrogen-bond donors (Lipinski definition) is 1. The molecule has 1 saturated heterocycles. The largest absolute Gasteiger partial charge is 0.490 e. The smallest absolute Gasteiger partial charge is 0.410 e. The van der Waals surface area contributed by atoms with Crippen LogP contribution < -0.4 is 10.1 Å². The van der Waals surface area contributed by atoms with Crippen LogP contribution in [0.2, 0.25) is 0 Å². The lowest BCUT2D eigenvalue weighted by Gasteiger charge is -2.33. The van der Waals surface area contributed by atoms with Gasteiger partial charge in [0.1, 0.15) is 28.9 Å². The summed E-state index contributed by atoms with van der Waals surface area (Å²) in [6.45, 7) is 6.76. The van der Waals surface area contributed by atoms with Gasteiger partial charge >= 0.3 is 6.09 Å². The van der Waals surface area contributed by atoms with Crippen molar-refractivity contribution in [2.45, 2.75) is 58.2 Å². The van der Waals surface area contributed by atoms with E-state index >= 15 is 0 Å². The standard InChI is InChI=1S/C34H35N5O5S/c1-34(2,3)44-33(41)39-17-15-26(16-18-39)42-25-12-10-24(11-13-25)35-29(40)20-30-37-38-31(43-30)21-32-36-27-14-9-23(19-28(27)45-32)22-7-5-4-6-8-22/h4-14,19,26H,15-18,20-21H2,1-3H3,(H,35,40). The van der Waals surface area contributed by atoms with Gasteiger partial charge in [0.05, 0.1) is 16.6 Å². The third kappa shape index (κ3) is 8.04. The molecular formula is C34H35N5O5S. The Morgan fingerprint density at radius 2 is 1.69 bits per heavy atom. The molecule has 0 atom stereocenters. The van der Waals surface area contributed by atoms with Crippen LogP contribution >= 0.6 is 11.3 Å². The number of carbonyl (C=O) groups is 2. The van der Waals surface area contributed by atoms with Gasteiger partial charge in [-0.15, -0.1) is 21.5 Å². The predicted molar refractivity (Wildman–Crippen MR) is 172 cm³/mol. The molecule has 0 spiro atoms. The van der Waals surface area contributed by atoms with Crippen molar-refractivity contribution in [2.24, 2.45) is 0 Å². The van der Waals surface area contributed by atoms with Gasteiger partial charge in [-0.05, 0) is 68.3 Å². The summed E-state index contributed by atoms with van der Waals surface area (Å²) in [7, 11) is 0. The maximum atomic E-state index is 12.7. The SMILES string of the molecule is CC(C)(C)OC(=O)N1CCC(Oc2ccc(NC(=O)Cc3nnc(Cc4nc5ccc(-c6ccccc6)cc5s4)o3)cc2)CC1. The van der Waals surface area contributed by atoms with Crippen molar-refractivity contribution < 1.29 is 23.5 Å². The van der Waals surface area contributed by atoms with Gasteiger partial charge in [-0.25, -0.2) is 9.78 Å². The van der Waals surface area contributed by atoms with E-state index in [4.69, 9.17) is 18.9 Å². The van der Waals surface area contributed by atoms with E-state index < -0.39 is 5.60 Å². The number of benzene rings is 3. The highest BCUT2D eigenvalue weighted by atomic mass is 32.1. The predicted octanol–water partition coefficient (Wildman–Crippen LogP) is 6.90. The molecule has 2 amide bonds. The molecule has 1 fully saturated rings. The summed E-state index contributed by atoms with van der Waals surface area (Å²) >= 11 is 1.59. The summed E-state index contributed by atoms with van der Waals surface area (Å²) in [4.78, 5) is 31.4. The molecule has 11 heteroatoms. The van der Waals surface area contributed by atoms with Crippen LogP contribution in [-0.2, 0) is 22.4 Å². The number of likely N-dealkylation sites (tertiary alicyclic amines) is 1. The molecule has 0 radical (unpaired) electrons. The van der Waals surface area contributed by atoms with E-state index in [0.29, 0.717) is 36.8 Å². The minimum Gasteiger partial charge on any atom is -0.490 e. The van der Waals surface area contributed by atoms with Gasteiger partial charge in [-0.2, -0.15) is 0 Å². The van der Waals surface area contributed by atoms with Crippen LogP contribution in [0.25, 0.3) is 21.3 Å². The molecule has 3 heterocycles. The second-order valence-electron chi connectivity index (χ2n) is 12.0. The summed E-state index contributed by atoms with van der Waals surface area (Å²) in [6.07, 6.45) is 1.52. The average molecular weight is 626 g/mol. The van der Waals surface area contributed by atoms with Crippen LogP contribution in [0.3, 0.4) is 0 Å². The van der Waals surface area contributed by atoms with Crippen molar-refractivity contribution in [2.75, 3.05) is 18.4 Å². The summed E-state index contributed by atoms with van der Waals surface area (Å²) in [5.41, 5.74) is 3.35. The van der Waals surface area contributed by atoms with E-state index in [9.17, 15) is 9.59 Å². The van der Waals surface area contributed by atoms with Crippen LogP contribution in [0.15, 0.2) is 77.2 Å². The van der Waals surface area contributed by atoms with Crippen molar-refractivity contribution >= 4 is 39.2 Å². The number of rotatable bonds is 8. The first-order valence-corrected chi connectivity index (χ1v) is 15.8. The molecule has 5 aromatic rings. The highest BCUT2D eigenvalue weighted by Crippen LogP contribution is 2.29. The minimum atomic E-state index is -0.512. The molecule has 3 aromatic carbocycles. The Labute approximate surface area is 265 Å². The fourth-order valence-corrected chi connectivity index (χ4v) is 6.05. The molecule has 45 heavy (non-hydrogen) atoms. The topological polar surface area (TPSA) is 120 Å². The van der Waals surface area contributed by atoms with Gasteiger partial charge in [0.2, 0.25) is 17.7 Å². The Morgan fingerprint density at radius 3 is 2.42 bits per heavy atom. The molecule has 1 aliphatic heterocycles. The number of nitrogens with zero attached hydrogens (tertiary/aromatic N) is 4. The lowest BCUT2D eigenvalue weighted by Crippen LogP contribution is -2.44. The molecule has 0 saturated carbocycles. The highest BCUT2D eigenvalue weighted by molar-refractivity contribution is 7.18. The number of fused-ring (bicyclic) bond motifs is 1. The van der Waals surface area contributed by atoms with Gasteiger partial charge in [-0.1, -0.05) is 36.4 Å². The van der Waals surface area contributed by atoms with Gasteiger partial charge < -0.3 is 24.1 Å². The van der Waals surface area contributed by atoms with Crippen LogP contribution in [-0.4, -0.2) is 56.9 Å². The number of aromatic nitrogens is 3. The number of ether oxygens (including phenoxy) is 2. The van der Waals surface area contributed by atoms with E-state index in [1.165, 1.54) is 0 Å². The number of nitrogens with one attached hydrogen (secondary N) is 1. The quantitative estimate of drug-likeness (QED) is 0.198. The first kappa shape index (κ1) is 30.3. The monoisotopic (exact) mass is 625 g/mol. The molecule has 2 aromatic heterocycles. The van der Waals surface area contributed by atoms with Gasteiger partial charge in [0.25, 0.3) is 0 Å². The summed E-state index contributed by atoms with van der Waals surface area (Å²) < 4.78 is 18.4. The van der Waals surface area contributed by atoms with Gasteiger partial charge in [0.15, 0.2) is 0 Å². The third-order valence-electron chi connectivity index (χ3n) is 7.20. The van der Waals surface area contributed by atoms with Crippen LogP contribution in [0.4, 0.5) is 10.5 Å². The average Bonchev–Trinajstić information content (AvgIpc) is 3.63. The zero-order valence-corrected chi connectivity index (χ0v) is 26.3. The molecule has 232 valence electrons. The van der Waals surface area contributed by atoms with Crippen molar-refractivity contribution in [1.82, 2.24) is 20.1 Å². The second-order valence-corrected chi connectivity index (χ2v) is 13.1. The Morgan fingerprint density at radius 1 is 0.956 bits per heavy atom. The Balaban J connectivity index is 0.969. The van der Waals surface area contributed by atoms with Crippen LogP contribution in [0, 0.1) is 0 Å².